The Morgan fingerprint density at radius 2 is 1.80 bits per heavy atom. The first-order chi connectivity index (χ1) is 7.22. The molecule has 0 aliphatic carbocycles. The zero-order chi connectivity index (χ0) is 11.1. The fourth-order valence-electron chi connectivity index (χ4n) is 1.46. The van der Waals surface area contributed by atoms with Gasteiger partial charge >= 0.3 is 0 Å². The van der Waals surface area contributed by atoms with Crippen molar-refractivity contribution in [3.8, 4) is 0 Å². The lowest BCUT2D eigenvalue weighted by atomic mass is 10.2. The molecular formula is C12H21N3. The Balaban J connectivity index is 2.36. The van der Waals surface area contributed by atoms with Gasteiger partial charge in [-0.15, -0.1) is 0 Å². The predicted molar refractivity (Wildman–Crippen MR) is 62.9 cm³/mol. The Morgan fingerprint density at radius 1 is 1.13 bits per heavy atom. The largest absolute Gasteiger partial charge is 0.309 e. The Morgan fingerprint density at radius 3 is 2.33 bits per heavy atom. The van der Waals surface area contributed by atoms with Crippen molar-refractivity contribution in [1.82, 2.24) is 14.9 Å². The molecule has 3 heteroatoms. The van der Waals surface area contributed by atoms with Gasteiger partial charge in [0.15, 0.2) is 0 Å². The van der Waals surface area contributed by atoms with Crippen LogP contribution in [0.2, 0.25) is 0 Å². The molecule has 1 rings (SSSR count). The maximum atomic E-state index is 4.34. The molecule has 0 aliphatic heterocycles. The molecule has 0 atom stereocenters. The van der Waals surface area contributed by atoms with E-state index in [9.17, 15) is 0 Å². The minimum atomic E-state index is 0.967. The minimum absolute atomic E-state index is 0.967. The Kier molecular flexibility index (Phi) is 5.26. The molecule has 0 fully saturated rings. The molecule has 0 radical (unpaired) electrons. The third-order valence-corrected chi connectivity index (χ3v) is 2.30. The molecule has 0 saturated carbocycles. The number of aryl methyl sites for hydroxylation is 2. The van der Waals surface area contributed by atoms with Gasteiger partial charge in [0.1, 0.15) is 5.82 Å². The summed E-state index contributed by atoms with van der Waals surface area (Å²) in [5.74, 6) is 0.967. The van der Waals surface area contributed by atoms with Gasteiger partial charge in [-0.2, -0.15) is 0 Å². The minimum Gasteiger partial charge on any atom is -0.309 e. The molecule has 84 valence electrons. The Bertz CT molecular complexity index is 267. The van der Waals surface area contributed by atoms with Gasteiger partial charge in [0.2, 0.25) is 0 Å². The topological polar surface area (TPSA) is 29.0 Å². The molecule has 0 aliphatic rings. The van der Waals surface area contributed by atoms with E-state index in [-0.39, 0.29) is 0 Å². The van der Waals surface area contributed by atoms with E-state index < -0.39 is 0 Å². The van der Waals surface area contributed by atoms with Gasteiger partial charge in [0.05, 0.1) is 0 Å². The average molecular weight is 207 g/mol. The molecular weight excluding hydrogens is 186 g/mol. The van der Waals surface area contributed by atoms with Crippen molar-refractivity contribution < 1.29 is 0 Å². The maximum Gasteiger partial charge on any atom is 0.128 e. The summed E-state index contributed by atoms with van der Waals surface area (Å²) < 4.78 is 0. The third kappa shape index (κ3) is 4.88. The average Bonchev–Trinajstić information content (AvgIpc) is 2.20. The summed E-state index contributed by atoms with van der Waals surface area (Å²) in [6.45, 7) is 3.27. The van der Waals surface area contributed by atoms with E-state index in [1.54, 1.807) is 0 Å². The second-order valence-electron chi connectivity index (χ2n) is 4.16. The summed E-state index contributed by atoms with van der Waals surface area (Å²) in [6, 6.07) is 0. The lowest BCUT2D eigenvalue weighted by Gasteiger charge is -2.08. The van der Waals surface area contributed by atoms with Crippen molar-refractivity contribution in [2.24, 2.45) is 0 Å². The van der Waals surface area contributed by atoms with Crippen LogP contribution in [-0.2, 0) is 12.8 Å². The summed E-state index contributed by atoms with van der Waals surface area (Å²) in [5, 5.41) is 0. The highest BCUT2D eigenvalue weighted by Crippen LogP contribution is 2.02. The van der Waals surface area contributed by atoms with Crippen LogP contribution in [0.5, 0.6) is 0 Å². The molecule has 0 spiro atoms. The first-order valence-electron chi connectivity index (χ1n) is 5.67. The number of rotatable bonds is 6. The SMILES string of the molecule is CCCc1ncc(CCCN(C)C)cn1. The summed E-state index contributed by atoms with van der Waals surface area (Å²) >= 11 is 0. The molecule has 1 aromatic heterocycles. The Hall–Kier alpha value is -0.960. The van der Waals surface area contributed by atoms with E-state index in [1.165, 1.54) is 12.0 Å². The molecule has 0 N–H and O–H groups in total. The third-order valence-electron chi connectivity index (χ3n) is 2.30. The second-order valence-corrected chi connectivity index (χ2v) is 4.16. The van der Waals surface area contributed by atoms with Crippen molar-refractivity contribution >= 4 is 0 Å². The van der Waals surface area contributed by atoms with Gasteiger partial charge < -0.3 is 4.90 Å². The summed E-state index contributed by atoms with van der Waals surface area (Å²) in [5.41, 5.74) is 1.25. The first kappa shape index (κ1) is 12.1. The highest BCUT2D eigenvalue weighted by molar-refractivity contribution is 5.05. The lowest BCUT2D eigenvalue weighted by molar-refractivity contribution is 0.400. The Labute approximate surface area is 92.6 Å². The van der Waals surface area contributed by atoms with Crippen LogP contribution < -0.4 is 0 Å². The zero-order valence-corrected chi connectivity index (χ0v) is 10.0. The van der Waals surface area contributed by atoms with Crippen molar-refractivity contribution in [2.75, 3.05) is 20.6 Å². The molecule has 0 amide bonds. The number of hydrogen-bond acceptors (Lipinski definition) is 3. The van der Waals surface area contributed by atoms with Gasteiger partial charge in [-0.1, -0.05) is 6.92 Å². The highest BCUT2D eigenvalue weighted by Gasteiger charge is 1.97. The number of hydrogen-bond donors (Lipinski definition) is 0. The molecule has 0 unspecified atom stereocenters. The molecule has 0 bridgehead atoms. The van der Waals surface area contributed by atoms with E-state index in [2.05, 4.69) is 35.9 Å². The van der Waals surface area contributed by atoms with Gasteiger partial charge in [0.25, 0.3) is 0 Å². The number of aromatic nitrogens is 2. The van der Waals surface area contributed by atoms with Crippen molar-refractivity contribution in [3.63, 3.8) is 0 Å². The molecule has 0 saturated heterocycles. The molecule has 0 aromatic carbocycles. The van der Waals surface area contributed by atoms with Crippen molar-refractivity contribution in [2.45, 2.75) is 32.6 Å². The normalized spacial score (nSPS) is 10.9. The van der Waals surface area contributed by atoms with Crippen LogP contribution in [0.25, 0.3) is 0 Å². The van der Waals surface area contributed by atoms with Gasteiger partial charge in [-0.25, -0.2) is 9.97 Å². The monoisotopic (exact) mass is 207 g/mol. The van der Waals surface area contributed by atoms with Crippen LogP contribution in [0.15, 0.2) is 12.4 Å². The molecule has 1 heterocycles. The summed E-state index contributed by atoms with van der Waals surface area (Å²) in [7, 11) is 4.20. The molecule has 1 aromatic rings. The zero-order valence-electron chi connectivity index (χ0n) is 10.0. The van der Waals surface area contributed by atoms with Crippen LogP contribution in [0, 0.1) is 0 Å². The van der Waals surface area contributed by atoms with Crippen LogP contribution in [-0.4, -0.2) is 35.5 Å². The van der Waals surface area contributed by atoms with Crippen LogP contribution in [0.4, 0.5) is 0 Å². The van der Waals surface area contributed by atoms with Gasteiger partial charge in [-0.05, 0) is 45.5 Å². The predicted octanol–water partition coefficient (Wildman–Crippen LogP) is 1.92. The van der Waals surface area contributed by atoms with E-state index in [1.807, 2.05) is 12.4 Å². The number of nitrogens with zero attached hydrogens (tertiary/aromatic N) is 3. The quantitative estimate of drug-likeness (QED) is 0.713. The van der Waals surface area contributed by atoms with Crippen LogP contribution in [0.3, 0.4) is 0 Å². The maximum absolute atomic E-state index is 4.34. The van der Waals surface area contributed by atoms with Crippen LogP contribution >= 0.6 is 0 Å². The fraction of sp³-hybridized carbons (Fsp3) is 0.667. The summed E-state index contributed by atoms with van der Waals surface area (Å²) in [4.78, 5) is 10.9. The fourth-order valence-corrected chi connectivity index (χ4v) is 1.46. The standard InChI is InChI=1S/C12H21N3/c1-4-6-12-13-9-11(10-14-12)7-5-8-15(2)3/h9-10H,4-8H2,1-3H3. The van der Waals surface area contributed by atoms with E-state index in [0.717, 1.165) is 31.6 Å². The van der Waals surface area contributed by atoms with Crippen molar-refractivity contribution in [1.29, 1.82) is 0 Å². The summed E-state index contributed by atoms with van der Waals surface area (Å²) in [6.07, 6.45) is 8.27. The van der Waals surface area contributed by atoms with E-state index in [4.69, 9.17) is 0 Å². The van der Waals surface area contributed by atoms with Crippen molar-refractivity contribution in [3.05, 3.63) is 23.8 Å². The van der Waals surface area contributed by atoms with E-state index >= 15 is 0 Å². The smallest absolute Gasteiger partial charge is 0.128 e. The lowest BCUT2D eigenvalue weighted by Crippen LogP contribution is -2.13. The second kappa shape index (κ2) is 6.51. The first-order valence-corrected chi connectivity index (χ1v) is 5.67. The van der Waals surface area contributed by atoms with Gasteiger partial charge in [-0.3, -0.25) is 0 Å². The highest BCUT2D eigenvalue weighted by atomic mass is 15.0. The van der Waals surface area contributed by atoms with Gasteiger partial charge in [0, 0.05) is 18.8 Å². The van der Waals surface area contributed by atoms with Crippen LogP contribution in [0.1, 0.15) is 31.2 Å². The van der Waals surface area contributed by atoms with E-state index in [0.29, 0.717) is 0 Å². The molecule has 15 heavy (non-hydrogen) atoms. The molecule has 3 nitrogen and oxygen atoms in total.